The highest BCUT2D eigenvalue weighted by molar-refractivity contribution is 7.90. The number of sulfone groups is 1. The number of ether oxygens (including phenoxy) is 1. The van der Waals surface area contributed by atoms with Gasteiger partial charge in [-0.2, -0.15) is 0 Å². The molecule has 110 valence electrons. The van der Waals surface area contributed by atoms with Crippen LogP contribution >= 0.6 is 0 Å². The lowest BCUT2D eigenvalue weighted by molar-refractivity contribution is 0.0345. The average molecular weight is 304 g/mol. The van der Waals surface area contributed by atoms with Crippen LogP contribution in [0.3, 0.4) is 0 Å². The lowest BCUT2D eigenvalue weighted by Gasteiger charge is -2.17. The summed E-state index contributed by atoms with van der Waals surface area (Å²) in [7, 11) is -3.28. The monoisotopic (exact) mass is 304 g/mol. The molecular weight excluding hydrogens is 288 g/mol. The van der Waals surface area contributed by atoms with Crippen LogP contribution in [-0.4, -0.2) is 26.4 Å². The first-order valence-electron chi connectivity index (χ1n) is 6.44. The summed E-state index contributed by atoms with van der Waals surface area (Å²) in [6, 6.07) is 17.4. The Kier molecular flexibility index (Phi) is 4.75. The molecule has 2 aromatic carbocycles. The normalized spacial score (nSPS) is 12.6. The van der Waals surface area contributed by atoms with E-state index in [-0.39, 0.29) is 5.75 Å². The van der Waals surface area contributed by atoms with Gasteiger partial charge in [0.25, 0.3) is 0 Å². The van der Waals surface area contributed by atoms with E-state index in [9.17, 15) is 13.2 Å². The van der Waals surface area contributed by atoms with E-state index in [1.54, 1.807) is 54.6 Å². The summed E-state index contributed by atoms with van der Waals surface area (Å²) >= 11 is 0. The van der Waals surface area contributed by atoms with Crippen molar-refractivity contribution in [2.24, 2.45) is 0 Å². The Labute approximate surface area is 124 Å². The maximum absolute atomic E-state index is 12.1. The van der Waals surface area contributed by atoms with E-state index in [1.807, 2.05) is 6.07 Å². The van der Waals surface area contributed by atoms with Crippen molar-refractivity contribution in [2.45, 2.75) is 6.10 Å². The molecule has 0 saturated carbocycles. The molecule has 0 aliphatic carbocycles. The van der Waals surface area contributed by atoms with Crippen LogP contribution in [0, 0.1) is 0 Å². The molecule has 1 atom stereocenters. The topological polar surface area (TPSA) is 60.4 Å². The Bertz CT molecular complexity index is 694. The molecule has 5 heteroatoms. The van der Waals surface area contributed by atoms with Crippen LogP contribution < -0.4 is 0 Å². The van der Waals surface area contributed by atoms with Gasteiger partial charge in [0.05, 0.1) is 11.3 Å². The molecule has 1 unspecified atom stereocenters. The summed E-state index contributed by atoms with van der Waals surface area (Å²) in [5.41, 5.74) is 1.05. The third kappa shape index (κ3) is 4.72. The van der Waals surface area contributed by atoms with Crippen molar-refractivity contribution in [2.75, 3.05) is 12.0 Å². The van der Waals surface area contributed by atoms with Crippen molar-refractivity contribution in [3.8, 4) is 0 Å². The third-order valence-corrected chi connectivity index (χ3v) is 3.79. The predicted molar refractivity (Wildman–Crippen MR) is 80.8 cm³/mol. The zero-order valence-electron chi connectivity index (χ0n) is 11.6. The highest BCUT2D eigenvalue weighted by atomic mass is 32.2. The van der Waals surface area contributed by atoms with Gasteiger partial charge >= 0.3 is 5.97 Å². The molecule has 0 radical (unpaired) electrons. The van der Waals surface area contributed by atoms with Gasteiger partial charge in [-0.25, -0.2) is 13.2 Å². The predicted octanol–water partition coefficient (Wildman–Crippen LogP) is 2.63. The molecular formula is C16H16O4S. The number of carbonyl (C=O) groups excluding carboxylic acids is 1. The number of benzene rings is 2. The fourth-order valence-electron chi connectivity index (χ4n) is 1.91. The van der Waals surface area contributed by atoms with Gasteiger partial charge in [-0.3, -0.25) is 0 Å². The smallest absolute Gasteiger partial charge is 0.338 e. The fourth-order valence-corrected chi connectivity index (χ4v) is 2.72. The van der Waals surface area contributed by atoms with Crippen molar-refractivity contribution in [3.63, 3.8) is 0 Å². The molecule has 0 N–H and O–H groups in total. The van der Waals surface area contributed by atoms with E-state index in [1.165, 1.54) is 0 Å². The van der Waals surface area contributed by atoms with Gasteiger partial charge in [0.1, 0.15) is 6.10 Å². The Morgan fingerprint density at radius 3 is 2.05 bits per heavy atom. The molecule has 0 aliphatic heterocycles. The van der Waals surface area contributed by atoms with Gasteiger partial charge in [0.15, 0.2) is 9.84 Å². The minimum atomic E-state index is -3.28. The van der Waals surface area contributed by atoms with Gasteiger partial charge < -0.3 is 4.74 Å². The summed E-state index contributed by atoms with van der Waals surface area (Å²) in [5, 5.41) is 0. The van der Waals surface area contributed by atoms with Crippen LogP contribution in [0.5, 0.6) is 0 Å². The summed E-state index contributed by atoms with van der Waals surface area (Å²) < 4.78 is 28.5. The van der Waals surface area contributed by atoms with Crippen molar-refractivity contribution < 1.29 is 17.9 Å². The van der Waals surface area contributed by atoms with Gasteiger partial charge in [-0.1, -0.05) is 48.5 Å². The quantitative estimate of drug-likeness (QED) is 0.797. The van der Waals surface area contributed by atoms with Crippen molar-refractivity contribution in [1.29, 1.82) is 0 Å². The van der Waals surface area contributed by atoms with E-state index >= 15 is 0 Å². The molecule has 0 bridgehead atoms. The molecule has 0 aliphatic rings. The summed E-state index contributed by atoms with van der Waals surface area (Å²) in [6.45, 7) is 0. The number of hydrogen-bond acceptors (Lipinski definition) is 4. The highest BCUT2D eigenvalue weighted by Gasteiger charge is 2.22. The van der Waals surface area contributed by atoms with E-state index in [0.717, 1.165) is 6.26 Å². The molecule has 0 spiro atoms. The first kappa shape index (κ1) is 15.3. The molecule has 21 heavy (non-hydrogen) atoms. The summed E-state index contributed by atoms with van der Waals surface area (Å²) in [4.78, 5) is 12.1. The van der Waals surface area contributed by atoms with Crippen LogP contribution in [0.25, 0.3) is 0 Å². The molecule has 0 heterocycles. The van der Waals surface area contributed by atoms with Crippen molar-refractivity contribution in [3.05, 3.63) is 71.8 Å². The van der Waals surface area contributed by atoms with Gasteiger partial charge in [0.2, 0.25) is 0 Å². The highest BCUT2D eigenvalue weighted by Crippen LogP contribution is 2.21. The Morgan fingerprint density at radius 1 is 1.00 bits per heavy atom. The number of carbonyl (C=O) groups is 1. The second-order valence-electron chi connectivity index (χ2n) is 4.76. The summed E-state index contributed by atoms with van der Waals surface area (Å²) in [5.74, 6) is -0.775. The van der Waals surface area contributed by atoms with E-state index in [0.29, 0.717) is 11.1 Å². The van der Waals surface area contributed by atoms with E-state index in [2.05, 4.69) is 0 Å². The zero-order chi connectivity index (χ0) is 15.3. The fraction of sp³-hybridized carbons (Fsp3) is 0.188. The summed E-state index contributed by atoms with van der Waals surface area (Å²) in [6.07, 6.45) is 0.313. The Hall–Kier alpha value is -2.14. The van der Waals surface area contributed by atoms with Crippen LogP contribution in [0.15, 0.2) is 60.7 Å². The largest absolute Gasteiger partial charge is 0.453 e. The third-order valence-electron chi connectivity index (χ3n) is 2.88. The first-order chi connectivity index (χ1) is 9.96. The maximum Gasteiger partial charge on any atom is 0.338 e. The minimum Gasteiger partial charge on any atom is -0.453 e. The SMILES string of the molecule is CS(=O)(=O)CC(OC(=O)c1ccccc1)c1ccccc1. The second kappa shape index (κ2) is 6.54. The van der Waals surface area contributed by atoms with Crippen molar-refractivity contribution >= 4 is 15.8 Å². The van der Waals surface area contributed by atoms with Gasteiger partial charge in [-0.05, 0) is 17.7 Å². The van der Waals surface area contributed by atoms with E-state index < -0.39 is 21.9 Å². The van der Waals surface area contributed by atoms with Gasteiger partial charge in [0, 0.05) is 6.26 Å². The van der Waals surface area contributed by atoms with Crippen LogP contribution in [0.2, 0.25) is 0 Å². The molecule has 4 nitrogen and oxygen atoms in total. The number of hydrogen-bond donors (Lipinski definition) is 0. The molecule has 0 aromatic heterocycles. The zero-order valence-corrected chi connectivity index (χ0v) is 12.4. The number of rotatable bonds is 5. The average Bonchev–Trinajstić information content (AvgIpc) is 2.47. The molecule has 0 amide bonds. The van der Waals surface area contributed by atoms with Crippen molar-refractivity contribution in [1.82, 2.24) is 0 Å². The molecule has 0 fully saturated rings. The minimum absolute atomic E-state index is 0.240. The van der Waals surface area contributed by atoms with E-state index in [4.69, 9.17) is 4.74 Å². The molecule has 2 rings (SSSR count). The van der Waals surface area contributed by atoms with Crippen LogP contribution in [0.1, 0.15) is 22.0 Å². The second-order valence-corrected chi connectivity index (χ2v) is 6.95. The molecule has 0 saturated heterocycles. The van der Waals surface area contributed by atoms with Crippen LogP contribution in [-0.2, 0) is 14.6 Å². The lowest BCUT2D eigenvalue weighted by Crippen LogP contribution is -2.19. The maximum atomic E-state index is 12.1. The Balaban J connectivity index is 2.23. The van der Waals surface area contributed by atoms with Gasteiger partial charge in [-0.15, -0.1) is 0 Å². The number of esters is 1. The molecule has 2 aromatic rings. The first-order valence-corrected chi connectivity index (χ1v) is 8.50. The van der Waals surface area contributed by atoms with Crippen LogP contribution in [0.4, 0.5) is 0 Å². The lowest BCUT2D eigenvalue weighted by atomic mass is 10.1. The standard InChI is InChI=1S/C16H16O4S/c1-21(18,19)12-15(13-8-4-2-5-9-13)20-16(17)14-10-6-3-7-11-14/h2-11,15H,12H2,1H3. The Morgan fingerprint density at radius 2 is 1.52 bits per heavy atom.